The summed E-state index contributed by atoms with van der Waals surface area (Å²) in [6, 6.07) is 19.5. The number of methoxy groups -OCH3 is 2. The molecule has 0 fully saturated rings. The van der Waals surface area contributed by atoms with Gasteiger partial charge < -0.3 is 14.8 Å². The smallest absolute Gasteiger partial charge is 0.254 e. The Bertz CT molecular complexity index is 1250. The molecule has 7 nitrogen and oxygen atoms in total. The highest BCUT2D eigenvalue weighted by molar-refractivity contribution is 9.10. The Kier molecular flexibility index (Phi) is 8.22. The first kappa shape index (κ1) is 25.6. The lowest BCUT2D eigenvalue weighted by Crippen LogP contribution is -2.33. The molecule has 1 atom stereocenters. The molecule has 9 heteroatoms. The summed E-state index contributed by atoms with van der Waals surface area (Å²) in [6.07, 6.45) is 1.11. The van der Waals surface area contributed by atoms with E-state index in [-0.39, 0.29) is 23.8 Å². The molecule has 1 amide bonds. The second kappa shape index (κ2) is 10.9. The largest absolute Gasteiger partial charge is 0.493 e. The van der Waals surface area contributed by atoms with E-state index >= 15 is 0 Å². The van der Waals surface area contributed by atoms with E-state index in [4.69, 9.17) is 9.47 Å². The molecule has 1 N–H and O–H groups in total. The molecule has 0 spiro atoms. The van der Waals surface area contributed by atoms with Crippen molar-refractivity contribution >= 4 is 37.5 Å². The lowest BCUT2D eigenvalue weighted by atomic mass is 10.1. The fourth-order valence-corrected chi connectivity index (χ4v) is 4.65. The number of sulfonamides is 1. The predicted octanol–water partition coefficient (Wildman–Crippen LogP) is 4.92. The van der Waals surface area contributed by atoms with E-state index in [9.17, 15) is 13.2 Å². The van der Waals surface area contributed by atoms with Crippen molar-refractivity contribution < 1.29 is 22.7 Å². The summed E-state index contributed by atoms with van der Waals surface area (Å²) in [6.45, 7) is 1.91. The van der Waals surface area contributed by atoms with Crippen LogP contribution in [0.25, 0.3) is 0 Å². The predicted molar refractivity (Wildman–Crippen MR) is 137 cm³/mol. The van der Waals surface area contributed by atoms with Crippen molar-refractivity contribution in [1.29, 1.82) is 0 Å². The topological polar surface area (TPSA) is 84.9 Å². The van der Waals surface area contributed by atoms with Gasteiger partial charge in [-0.2, -0.15) is 0 Å². The lowest BCUT2D eigenvalue weighted by molar-refractivity contribution is 0.0940. The van der Waals surface area contributed by atoms with Crippen molar-refractivity contribution in [2.24, 2.45) is 0 Å². The van der Waals surface area contributed by atoms with Crippen molar-refractivity contribution in [2.45, 2.75) is 19.5 Å². The van der Waals surface area contributed by atoms with Gasteiger partial charge in [-0.05, 0) is 36.2 Å². The average Bonchev–Trinajstić information content (AvgIpc) is 2.82. The Morgan fingerprint density at radius 2 is 1.59 bits per heavy atom. The third kappa shape index (κ3) is 6.09. The van der Waals surface area contributed by atoms with E-state index in [1.165, 1.54) is 30.7 Å². The van der Waals surface area contributed by atoms with Gasteiger partial charge in [0.2, 0.25) is 10.0 Å². The third-order valence-electron chi connectivity index (χ3n) is 5.30. The molecule has 3 aromatic rings. The minimum Gasteiger partial charge on any atom is -0.493 e. The van der Waals surface area contributed by atoms with Gasteiger partial charge in [0.05, 0.1) is 44.3 Å². The van der Waals surface area contributed by atoms with Crippen LogP contribution < -0.4 is 19.1 Å². The highest BCUT2D eigenvalue weighted by Gasteiger charge is 2.27. The molecule has 0 aliphatic carbocycles. The van der Waals surface area contributed by atoms with Crippen molar-refractivity contribution in [3.63, 3.8) is 0 Å². The molecule has 0 radical (unpaired) electrons. The maximum absolute atomic E-state index is 13.4. The molecular weight excluding hydrogens is 520 g/mol. The van der Waals surface area contributed by atoms with E-state index in [0.717, 1.165) is 21.9 Å². The monoisotopic (exact) mass is 546 g/mol. The van der Waals surface area contributed by atoms with Crippen LogP contribution in [-0.4, -0.2) is 34.8 Å². The van der Waals surface area contributed by atoms with Gasteiger partial charge in [-0.1, -0.05) is 58.4 Å². The highest BCUT2D eigenvalue weighted by atomic mass is 79.9. The fraction of sp³-hybridized carbons (Fsp3) is 0.240. The molecule has 0 unspecified atom stereocenters. The maximum atomic E-state index is 13.4. The normalized spacial score (nSPS) is 12.0. The third-order valence-corrected chi connectivity index (χ3v) is 6.96. The Balaban J connectivity index is 2.07. The first-order valence-corrected chi connectivity index (χ1v) is 13.1. The van der Waals surface area contributed by atoms with E-state index in [2.05, 4.69) is 21.2 Å². The van der Waals surface area contributed by atoms with Crippen LogP contribution in [0.5, 0.6) is 11.5 Å². The number of nitrogens with zero attached hydrogens (tertiary/aromatic N) is 1. The molecule has 0 saturated heterocycles. The van der Waals surface area contributed by atoms with Crippen LogP contribution in [0.3, 0.4) is 0 Å². The zero-order valence-corrected chi connectivity index (χ0v) is 21.8. The lowest BCUT2D eigenvalue weighted by Gasteiger charge is -2.26. The zero-order valence-electron chi connectivity index (χ0n) is 19.4. The van der Waals surface area contributed by atoms with Gasteiger partial charge in [-0.3, -0.25) is 9.10 Å². The van der Waals surface area contributed by atoms with Crippen LogP contribution in [-0.2, 0) is 16.6 Å². The molecule has 3 rings (SSSR count). The fourth-order valence-electron chi connectivity index (χ4n) is 3.50. The van der Waals surface area contributed by atoms with Crippen LogP contribution >= 0.6 is 15.9 Å². The molecule has 0 saturated carbocycles. The number of ether oxygens (including phenoxy) is 2. The maximum Gasteiger partial charge on any atom is 0.254 e. The molecule has 180 valence electrons. The van der Waals surface area contributed by atoms with Crippen LogP contribution in [0.1, 0.15) is 34.5 Å². The molecule has 0 heterocycles. The minimum atomic E-state index is -3.75. The number of carbonyl (C=O) groups is 1. The summed E-state index contributed by atoms with van der Waals surface area (Å²) in [4.78, 5) is 13.4. The van der Waals surface area contributed by atoms with Crippen LogP contribution in [0.2, 0.25) is 0 Å². The number of hydrogen-bond donors (Lipinski definition) is 1. The Morgan fingerprint density at radius 1 is 1.00 bits per heavy atom. The molecule has 0 aliphatic heterocycles. The van der Waals surface area contributed by atoms with Crippen LogP contribution in [0.15, 0.2) is 71.2 Å². The molecule has 0 aliphatic rings. The molecule has 3 aromatic carbocycles. The van der Waals surface area contributed by atoms with Gasteiger partial charge in [-0.15, -0.1) is 0 Å². The number of halogens is 1. The number of nitrogens with one attached hydrogen (secondary N) is 1. The average molecular weight is 547 g/mol. The van der Waals surface area contributed by atoms with E-state index in [1.54, 1.807) is 0 Å². The number of carbonyl (C=O) groups excluding carboxylic acids is 1. The van der Waals surface area contributed by atoms with E-state index < -0.39 is 15.9 Å². The number of hydrogen-bond acceptors (Lipinski definition) is 5. The second-order valence-corrected chi connectivity index (χ2v) is 10.5. The van der Waals surface area contributed by atoms with Crippen LogP contribution in [0, 0.1) is 0 Å². The Labute approximate surface area is 208 Å². The van der Waals surface area contributed by atoms with E-state index in [1.807, 2.05) is 61.5 Å². The molecular formula is C25H27BrN2O5S. The van der Waals surface area contributed by atoms with Gasteiger partial charge in [0.15, 0.2) is 11.5 Å². The molecule has 34 heavy (non-hydrogen) atoms. The molecule has 0 aromatic heterocycles. The molecule has 0 bridgehead atoms. The Hall–Kier alpha value is -3.04. The van der Waals surface area contributed by atoms with Gasteiger partial charge in [0.1, 0.15) is 0 Å². The summed E-state index contributed by atoms with van der Waals surface area (Å²) in [7, 11) is -0.833. The number of rotatable bonds is 9. The van der Waals surface area contributed by atoms with Crippen molar-refractivity contribution in [3.05, 3.63) is 87.9 Å². The van der Waals surface area contributed by atoms with Gasteiger partial charge in [0.25, 0.3) is 5.91 Å². The standard InChI is InChI=1S/C25H27BrN2O5S/c1-17(19-10-12-20(26)13-11-19)27-25(29)21-14-23(32-2)24(33-3)15-22(21)28(34(4,30)31)16-18-8-6-5-7-9-18/h5-15,17H,16H2,1-4H3,(H,27,29)/t17-/m0/s1. The summed E-state index contributed by atoms with van der Waals surface area (Å²) >= 11 is 3.41. The Morgan fingerprint density at radius 3 is 2.15 bits per heavy atom. The SMILES string of the molecule is COc1cc(C(=O)N[C@@H](C)c2ccc(Br)cc2)c(N(Cc2ccccc2)S(C)(=O)=O)cc1OC. The highest BCUT2D eigenvalue weighted by Crippen LogP contribution is 2.37. The van der Waals surface area contributed by atoms with Gasteiger partial charge in [-0.25, -0.2) is 8.42 Å². The number of anilines is 1. The van der Waals surface area contributed by atoms with Crippen molar-refractivity contribution in [3.8, 4) is 11.5 Å². The van der Waals surface area contributed by atoms with E-state index in [0.29, 0.717) is 11.5 Å². The zero-order chi connectivity index (χ0) is 24.9. The van der Waals surface area contributed by atoms with Crippen LogP contribution in [0.4, 0.5) is 5.69 Å². The quantitative estimate of drug-likeness (QED) is 0.411. The van der Waals surface area contributed by atoms with Gasteiger partial charge in [0, 0.05) is 10.5 Å². The van der Waals surface area contributed by atoms with Crippen molar-refractivity contribution in [2.75, 3.05) is 24.8 Å². The summed E-state index contributed by atoms with van der Waals surface area (Å²) in [5, 5.41) is 2.96. The minimum absolute atomic E-state index is 0.0533. The first-order chi connectivity index (χ1) is 16.1. The number of amides is 1. The summed E-state index contributed by atoms with van der Waals surface area (Å²) in [5.74, 6) is 0.200. The second-order valence-electron chi connectivity index (χ2n) is 7.73. The van der Waals surface area contributed by atoms with Gasteiger partial charge >= 0.3 is 0 Å². The summed E-state index contributed by atoms with van der Waals surface area (Å²) in [5.41, 5.74) is 2.03. The number of benzene rings is 3. The first-order valence-electron chi connectivity index (χ1n) is 10.5. The summed E-state index contributed by atoms with van der Waals surface area (Å²) < 4.78 is 38.6. The van der Waals surface area contributed by atoms with Crippen molar-refractivity contribution in [1.82, 2.24) is 5.32 Å².